The minimum absolute atomic E-state index is 0.115. The van der Waals surface area contributed by atoms with E-state index in [0.29, 0.717) is 12.2 Å². The molecule has 0 radical (unpaired) electrons. The van der Waals surface area contributed by atoms with Gasteiger partial charge in [-0.1, -0.05) is 178 Å². The molecule has 0 aliphatic heterocycles. The molecule has 0 amide bonds. The molecule has 8 aromatic rings. The molecule has 0 heterocycles. The van der Waals surface area contributed by atoms with Gasteiger partial charge in [0, 0.05) is 16.7 Å². The number of allylic oxidation sites excluding steroid dienone is 1. The van der Waals surface area contributed by atoms with Crippen molar-refractivity contribution in [2.75, 3.05) is 0 Å². The van der Waals surface area contributed by atoms with E-state index in [1.807, 2.05) is 42.5 Å². The Bertz CT molecular complexity index is 2700. The maximum atomic E-state index is 6.95. The number of rotatable bonds is 7. The summed E-state index contributed by atoms with van der Waals surface area (Å²) in [6.07, 6.45) is 2.02. The first kappa shape index (κ1) is 32.4. The Balaban J connectivity index is 1.07. The molecule has 1 aliphatic rings. The van der Waals surface area contributed by atoms with E-state index >= 15 is 0 Å². The van der Waals surface area contributed by atoms with Crippen molar-refractivity contribution in [1.29, 1.82) is 0 Å². The molecule has 0 unspecified atom stereocenters. The van der Waals surface area contributed by atoms with E-state index in [1.165, 1.54) is 60.7 Å². The van der Waals surface area contributed by atoms with Crippen molar-refractivity contribution in [3.05, 3.63) is 210 Å². The zero-order valence-corrected chi connectivity index (χ0v) is 30.1. The second-order valence-corrected chi connectivity index (χ2v) is 14.5. The lowest BCUT2D eigenvalue weighted by atomic mass is 9.78. The predicted octanol–water partition coefficient (Wildman–Crippen LogP) is 12.6. The number of nitrogens with two attached hydrogens (primary N) is 1. The number of benzene rings is 8. The number of hydrogen-bond donors (Lipinski definition) is 1. The smallest absolute Gasteiger partial charge is 0.0671 e. The molecule has 2 heteroatoms. The second-order valence-electron chi connectivity index (χ2n) is 14.5. The summed E-state index contributed by atoms with van der Waals surface area (Å²) in [5, 5.41) is 4.86. The van der Waals surface area contributed by atoms with Crippen molar-refractivity contribution >= 4 is 33.0 Å². The summed E-state index contributed by atoms with van der Waals surface area (Å²) in [6, 6.07) is 62.9. The first-order valence-corrected chi connectivity index (χ1v) is 18.4. The summed E-state index contributed by atoms with van der Waals surface area (Å²) in [7, 11) is 0. The molecule has 2 nitrogen and oxygen atoms in total. The highest BCUT2D eigenvalue weighted by Crippen LogP contribution is 2.53. The summed E-state index contributed by atoms with van der Waals surface area (Å²) in [5.74, 6) is 0. The maximum Gasteiger partial charge on any atom is 0.0671 e. The van der Waals surface area contributed by atoms with Crippen LogP contribution in [-0.2, 0) is 12.0 Å². The van der Waals surface area contributed by atoms with Crippen LogP contribution in [0, 0.1) is 0 Å². The Kier molecular flexibility index (Phi) is 8.09. The Hall–Kier alpha value is -6.51. The van der Waals surface area contributed by atoms with E-state index in [2.05, 4.69) is 153 Å². The Morgan fingerprint density at radius 1 is 0.547 bits per heavy atom. The van der Waals surface area contributed by atoms with Gasteiger partial charge in [-0.2, -0.15) is 0 Å². The molecule has 8 aromatic carbocycles. The SMILES string of the molecule is CC1(C)c2cc3ccccc3cc2-c2cccc(-c3ccc(-c4ccc(/C(N)=C/C(=NCc5ccccc5)c5ccccc5)c5ccccc45)cc3)c21. The van der Waals surface area contributed by atoms with Crippen molar-refractivity contribution in [2.24, 2.45) is 10.7 Å². The third-order valence-electron chi connectivity index (χ3n) is 10.9. The van der Waals surface area contributed by atoms with Gasteiger partial charge in [0.15, 0.2) is 0 Å². The van der Waals surface area contributed by atoms with E-state index in [-0.39, 0.29) is 5.41 Å². The van der Waals surface area contributed by atoms with Crippen LogP contribution in [0.25, 0.3) is 60.6 Å². The molecule has 0 spiro atoms. The Labute approximate surface area is 311 Å². The molecule has 1 aliphatic carbocycles. The maximum absolute atomic E-state index is 6.95. The molecule has 254 valence electrons. The fourth-order valence-electron chi connectivity index (χ4n) is 8.25. The molecule has 0 atom stereocenters. The lowest BCUT2D eigenvalue weighted by molar-refractivity contribution is 0.663. The minimum atomic E-state index is -0.115. The fraction of sp³-hybridized carbons (Fsp3) is 0.0784. The molecular weight excluding hydrogens is 641 g/mol. The Morgan fingerprint density at radius 2 is 1.15 bits per heavy atom. The highest BCUT2D eigenvalue weighted by Gasteiger charge is 2.37. The van der Waals surface area contributed by atoms with E-state index in [1.54, 1.807) is 0 Å². The highest BCUT2D eigenvalue weighted by atomic mass is 14.7. The number of hydrogen-bond acceptors (Lipinski definition) is 2. The van der Waals surface area contributed by atoms with Crippen LogP contribution >= 0.6 is 0 Å². The molecule has 0 saturated heterocycles. The molecule has 9 rings (SSSR count). The zero-order chi connectivity index (χ0) is 35.9. The molecular formula is C51H40N2. The summed E-state index contributed by atoms with van der Waals surface area (Å²) in [4.78, 5) is 5.02. The van der Waals surface area contributed by atoms with E-state index < -0.39 is 0 Å². The van der Waals surface area contributed by atoms with Gasteiger partial charge < -0.3 is 5.73 Å². The number of aliphatic imine (C=N–C) groups is 1. The lowest BCUT2D eigenvalue weighted by Gasteiger charge is -2.25. The topological polar surface area (TPSA) is 38.4 Å². The van der Waals surface area contributed by atoms with E-state index in [0.717, 1.165) is 27.8 Å². The largest absolute Gasteiger partial charge is 0.398 e. The second kappa shape index (κ2) is 13.2. The van der Waals surface area contributed by atoms with Gasteiger partial charge in [-0.3, -0.25) is 4.99 Å². The molecule has 0 bridgehead atoms. The van der Waals surface area contributed by atoms with E-state index in [9.17, 15) is 0 Å². The van der Waals surface area contributed by atoms with Crippen LogP contribution in [0.4, 0.5) is 0 Å². The van der Waals surface area contributed by atoms with Gasteiger partial charge in [0.1, 0.15) is 0 Å². The van der Waals surface area contributed by atoms with Crippen LogP contribution < -0.4 is 5.73 Å². The summed E-state index contributed by atoms with van der Waals surface area (Å²) in [6.45, 7) is 5.32. The normalized spacial score (nSPS) is 13.6. The van der Waals surface area contributed by atoms with Gasteiger partial charge in [-0.05, 0) is 95.4 Å². The van der Waals surface area contributed by atoms with Gasteiger partial charge in [0.2, 0.25) is 0 Å². The van der Waals surface area contributed by atoms with Gasteiger partial charge in [-0.25, -0.2) is 0 Å². The van der Waals surface area contributed by atoms with Gasteiger partial charge in [0.05, 0.1) is 12.3 Å². The van der Waals surface area contributed by atoms with Crippen LogP contribution in [0.3, 0.4) is 0 Å². The predicted molar refractivity (Wildman–Crippen MR) is 225 cm³/mol. The molecule has 53 heavy (non-hydrogen) atoms. The quantitative estimate of drug-likeness (QED) is 0.167. The zero-order valence-electron chi connectivity index (χ0n) is 30.1. The average Bonchev–Trinajstić information content (AvgIpc) is 3.44. The van der Waals surface area contributed by atoms with Crippen LogP contribution in [0.1, 0.15) is 41.7 Å². The summed E-state index contributed by atoms with van der Waals surface area (Å²) < 4.78 is 0. The van der Waals surface area contributed by atoms with Crippen molar-refractivity contribution < 1.29 is 0 Å². The average molecular weight is 681 g/mol. The monoisotopic (exact) mass is 680 g/mol. The van der Waals surface area contributed by atoms with Gasteiger partial charge in [-0.15, -0.1) is 0 Å². The third-order valence-corrected chi connectivity index (χ3v) is 10.9. The Morgan fingerprint density at radius 3 is 1.89 bits per heavy atom. The van der Waals surface area contributed by atoms with Crippen molar-refractivity contribution in [1.82, 2.24) is 0 Å². The fourth-order valence-corrected chi connectivity index (χ4v) is 8.25. The van der Waals surface area contributed by atoms with Crippen LogP contribution in [-0.4, -0.2) is 5.71 Å². The van der Waals surface area contributed by atoms with Crippen LogP contribution in [0.5, 0.6) is 0 Å². The van der Waals surface area contributed by atoms with Gasteiger partial charge in [0.25, 0.3) is 0 Å². The van der Waals surface area contributed by atoms with E-state index in [4.69, 9.17) is 10.7 Å². The molecule has 0 fully saturated rings. The molecule has 0 saturated carbocycles. The standard InChI is InChI=1S/C51H40N2/c1-51(2)47-31-39-19-10-9-18-38(39)30-46(47)45-23-13-22-41(50(45)51)36-26-24-35(25-27-36)40-28-29-44(43-21-12-11-20-42(40)43)48(52)32-49(37-16-7-4-8-17-37)53-33-34-14-5-3-6-15-34/h3-32H,33,52H2,1-2H3/b48-32-,53-49?. The highest BCUT2D eigenvalue weighted by molar-refractivity contribution is 6.13. The first-order valence-electron chi connectivity index (χ1n) is 18.4. The number of fused-ring (bicyclic) bond motifs is 5. The van der Waals surface area contributed by atoms with Crippen LogP contribution in [0.2, 0.25) is 0 Å². The third kappa shape index (κ3) is 5.83. The minimum Gasteiger partial charge on any atom is -0.398 e. The lowest BCUT2D eigenvalue weighted by Crippen LogP contribution is -2.16. The molecule has 2 N–H and O–H groups in total. The number of nitrogens with zero attached hydrogens (tertiary/aromatic N) is 1. The van der Waals surface area contributed by atoms with Crippen LogP contribution in [0.15, 0.2) is 187 Å². The summed E-state index contributed by atoms with van der Waals surface area (Å²) >= 11 is 0. The van der Waals surface area contributed by atoms with Crippen molar-refractivity contribution in [3.63, 3.8) is 0 Å². The van der Waals surface area contributed by atoms with Crippen molar-refractivity contribution in [2.45, 2.75) is 25.8 Å². The van der Waals surface area contributed by atoms with Crippen molar-refractivity contribution in [3.8, 4) is 33.4 Å². The molecule has 0 aromatic heterocycles. The summed E-state index contributed by atoms with van der Waals surface area (Å²) in [5.41, 5.74) is 21.9. The van der Waals surface area contributed by atoms with Gasteiger partial charge >= 0.3 is 0 Å². The first-order chi connectivity index (χ1) is 26.0.